The van der Waals surface area contributed by atoms with E-state index in [1.807, 2.05) is 0 Å². The number of nitrogens with one attached hydrogen (secondary N) is 1. The van der Waals surface area contributed by atoms with Gasteiger partial charge >= 0.3 is 6.18 Å². The van der Waals surface area contributed by atoms with Crippen LogP contribution in [-0.4, -0.2) is 28.9 Å². The van der Waals surface area contributed by atoms with Gasteiger partial charge in [-0.3, -0.25) is 4.79 Å². The number of hydrogen-bond acceptors (Lipinski definition) is 5. The minimum atomic E-state index is -4.45. The summed E-state index contributed by atoms with van der Waals surface area (Å²) in [7, 11) is 0. The van der Waals surface area contributed by atoms with Gasteiger partial charge in [0.05, 0.1) is 18.7 Å². The van der Waals surface area contributed by atoms with Crippen LogP contribution >= 0.6 is 0 Å². The smallest absolute Gasteiger partial charge is 0.416 e. The number of piperazine rings is 1. The maximum Gasteiger partial charge on any atom is 0.416 e. The van der Waals surface area contributed by atoms with Crippen molar-refractivity contribution in [2.45, 2.75) is 19.2 Å². The number of carbonyl (C=O) groups excluding carboxylic acids is 1. The Morgan fingerprint density at radius 3 is 2.39 bits per heavy atom. The van der Waals surface area contributed by atoms with Gasteiger partial charge in [-0.1, -0.05) is 37.4 Å². The van der Waals surface area contributed by atoms with Crippen LogP contribution in [0.4, 0.5) is 19.0 Å². The molecule has 1 aliphatic rings. The van der Waals surface area contributed by atoms with Gasteiger partial charge in [-0.25, -0.2) is 4.98 Å². The summed E-state index contributed by atoms with van der Waals surface area (Å²) in [5, 5.41) is 3.03. The molecule has 1 saturated heterocycles. The average Bonchev–Trinajstić information content (AvgIpc) is 2.84. The molecule has 0 bridgehead atoms. The zero-order chi connectivity index (χ0) is 26.0. The van der Waals surface area contributed by atoms with E-state index < -0.39 is 17.8 Å². The second kappa shape index (κ2) is 9.77. The van der Waals surface area contributed by atoms with Crippen LogP contribution in [0.25, 0.3) is 11.1 Å². The quantitative estimate of drug-likeness (QED) is 0.485. The molecule has 1 amide bonds. The highest BCUT2D eigenvalue weighted by atomic mass is 19.4. The molecule has 186 valence electrons. The van der Waals surface area contributed by atoms with E-state index >= 15 is 0 Å². The van der Waals surface area contributed by atoms with Crippen molar-refractivity contribution in [3.8, 4) is 16.9 Å². The molecule has 2 heterocycles. The van der Waals surface area contributed by atoms with Crippen LogP contribution in [0.1, 0.15) is 34.5 Å². The molecular weight excluding hydrogens is 469 g/mol. The van der Waals surface area contributed by atoms with Crippen molar-refractivity contribution < 1.29 is 22.7 Å². The van der Waals surface area contributed by atoms with Gasteiger partial charge in [0.25, 0.3) is 5.91 Å². The number of benzene rings is 2. The monoisotopic (exact) mass is 494 g/mol. The molecule has 9 heteroatoms. The highest BCUT2D eigenvalue weighted by molar-refractivity contribution is 5.95. The van der Waals surface area contributed by atoms with Crippen LogP contribution in [0.15, 0.2) is 85.3 Å². The van der Waals surface area contributed by atoms with Gasteiger partial charge in [0.2, 0.25) is 0 Å². The van der Waals surface area contributed by atoms with Crippen LogP contribution in [0.5, 0.6) is 5.75 Å². The largest absolute Gasteiger partial charge is 0.482 e. The lowest BCUT2D eigenvalue weighted by Crippen LogP contribution is -2.43. The number of hydrogen-bond donors (Lipinski definition) is 2. The summed E-state index contributed by atoms with van der Waals surface area (Å²) in [5.74, 6) is 0.221. The van der Waals surface area contributed by atoms with Gasteiger partial charge in [0.15, 0.2) is 11.6 Å². The van der Waals surface area contributed by atoms with Crippen molar-refractivity contribution in [3.05, 3.63) is 102 Å². The number of aromatic nitrogens is 1. The molecular formula is C27H25F3N4O2. The molecule has 1 fully saturated rings. The first-order valence-electron chi connectivity index (χ1n) is 11.1. The molecule has 3 aromatic rings. The number of nitrogens with two attached hydrogens (primary N) is 1. The third-order valence-corrected chi connectivity index (χ3v) is 5.74. The van der Waals surface area contributed by atoms with Crippen LogP contribution in [0.2, 0.25) is 0 Å². The first-order valence-corrected chi connectivity index (χ1v) is 11.1. The molecule has 1 unspecified atom stereocenters. The van der Waals surface area contributed by atoms with Crippen molar-refractivity contribution in [2.24, 2.45) is 0 Å². The first kappa shape index (κ1) is 24.8. The molecule has 0 spiro atoms. The van der Waals surface area contributed by atoms with Crippen LogP contribution in [0.3, 0.4) is 0 Å². The molecule has 1 aliphatic heterocycles. The summed E-state index contributed by atoms with van der Waals surface area (Å²) >= 11 is 0. The Labute approximate surface area is 206 Å². The molecule has 1 aromatic heterocycles. The Kier molecular flexibility index (Phi) is 6.74. The van der Waals surface area contributed by atoms with Crippen molar-refractivity contribution in [2.75, 3.05) is 18.8 Å². The standard InChI is InChI=1S/C27H25F3N4O2/c1-16-14-34(15-17(2)33-16)26(35)20-9-7-19(8-10-20)22-12-24(25(31)32-13-22)36-18(3)21-5-4-6-23(11-21)27(28,29)30/h4-13,18,33H,1-2,14-15H2,3H3,(H2,31,32). The first-order chi connectivity index (χ1) is 17.0. The second-order valence-electron chi connectivity index (χ2n) is 8.56. The van der Waals surface area contributed by atoms with Crippen molar-refractivity contribution >= 4 is 11.7 Å². The predicted molar refractivity (Wildman–Crippen MR) is 132 cm³/mol. The van der Waals surface area contributed by atoms with Gasteiger partial charge in [-0.2, -0.15) is 13.2 Å². The Balaban J connectivity index is 1.52. The van der Waals surface area contributed by atoms with Gasteiger partial charge < -0.3 is 20.7 Å². The number of anilines is 1. The summed E-state index contributed by atoms with van der Waals surface area (Å²) in [5.41, 5.74) is 8.95. The molecule has 36 heavy (non-hydrogen) atoms. The summed E-state index contributed by atoms with van der Waals surface area (Å²) < 4.78 is 45.1. The average molecular weight is 495 g/mol. The SMILES string of the molecule is C=C1CN(C(=O)c2ccc(-c3cnc(N)c(OC(C)c4cccc(C(F)(F)F)c4)c3)cc2)CC(=C)N1. The number of amides is 1. The van der Waals surface area contributed by atoms with E-state index in [0.717, 1.165) is 17.7 Å². The maximum absolute atomic E-state index is 13.1. The number of rotatable bonds is 5. The van der Waals surface area contributed by atoms with E-state index in [0.29, 0.717) is 41.2 Å². The molecule has 2 aromatic carbocycles. The highest BCUT2D eigenvalue weighted by Crippen LogP contribution is 2.34. The summed E-state index contributed by atoms with van der Waals surface area (Å²) in [6, 6.07) is 13.6. The Bertz CT molecular complexity index is 1300. The Morgan fingerprint density at radius 1 is 1.08 bits per heavy atom. The lowest BCUT2D eigenvalue weighted by atomic mass is 10.0. The lowest BCUT2D eigenvalue weighted by Gasteiger charge is -2.30. The van der Waals surface area contributed by atoms with E-state index in [-0.39, 0.29) is 17.5 Å². The van der Waals surface area contributed by atoms with E-state index in [2.05, 4.69) is 23.5 Å². The third-order valence-electron chi connectivity index (χ3n) is 5.74. The fraction of sp³-hybridized carbons (Fsp3) is 0.185. The van der Waals surface area contributed by atoms with Gasteiger partial charge in [0.1, 0.15) is 6.10 Å². The predicted octanol–water partition coefficient (Wildman–Crippen LogP) is 5.56. The highest BCUT2D eigenvalue weighted by Gasteiger charge is 2.31. The number of carbonyl (C=O) groups is 1. The van der Waals surface area contributed by atoms with Crippen LogP contribution in [0, 0.1) is 0 Å². The maximum atomic E-state index is 13.1. The zero-order valence-electron chi connectivity index (χ0n) is 19.6. The van der Waals surface area contributed by atoms with Crippen LogP contribution in [-0.2, 0) is 6.18 Å². The minimum Gasteiger partial charge on any atom is -0.482 e. The number of pyridine rings is 1. The lowest BCUT2D eigenvalue weighted by molar-refractivity contribution is -0.137. The number of nitrogens with zero attached hydrogens (tertiary/aromatic N) is 2. The molecule has 0 saturated carbocycles. The topological polar surface area (TPSA) is 80.5 Å². The molecule has 6 nitrogen and oxygen atoms in total. The van der Waals surface area contributed by atoms with Crippen LogP contribution < -0.4 is 15.8 Å². The second-order valence-corrected chi connectivity index (χ2v) is 8.56. The number of halogens is 3. The summed E-state index contributed by atoms with van der Waals surface area (Å²) in [6.07, 6.45) is -3.58. The van der Waals surface area contributed by atoms with E-state index in [9.17, 15) is 18.0 Å². The fourth-order valence-corrected chi connectivity index (χ4v) is 3.91. The normalized spacial score (nSPS) is 14.8. The van der Waals surface area contributed by atoms with Crippen molar-refractivity contribution in [1.82, 2.24) is 15.2 Å². The van der Waals surface area contributed by atoms with Crippen molar-refractivity contribution in [1.29, 1.82) is 0 Å². The van der Waals surface area contributed by atoms with Gasteiger partial charge in [-0.05, 0) is 48.4 Å². The molecule has 0 aliphatic carbocycles. The number of ether oxygens (including phenoxy) is 1. The number of alkyl halides is 3. The summed E-state index contributed by atoms with van der Waals surface area (Å²) in [4.78, 5) is 18.7. The summed E-state index contributed by atoms with van der Waals surface area (Å²) in [6.45, 7) is 10.2. The molecule has 1 atom stereocenters. The third kappa shape index (κ3) is 5.51. The minimum absolute atomic E-state index is 0.114. The van der Waals surface area contributed by atoms with Crippen molar-refractivity contribution in [3.63, 3.8) is 0 Å². The van der Waals surface area contributed by atoms with Gasteiger partial charge in [-0.15, -0.1) is 0 Å². The molecule has 4 rings (SSSR count). The Morgan fingerprint density at radius 2 is 1.75 bits per heavy atom. The molecule has 0 radical (unpaired) electrons. The van der Waals surface area contributed by atoms with E-state index in [1.54, 1.807) is 54.4 Å². The Hall–Kier alpha value is -4.27. The zero-order valence-corrected chi connectivity index (χ0v) is 19.6. The van der Waals surface area contributed by atoms with E-state index in [1.165, 1.54) is 6.07 Å². The van der Waals surface area contributed by atoms with E-state index in [4.69, 9.17) is 10.5 Å². The fourth-order valence-electron chi connectivity index (χ4n) is 3.91. The van der Waals surface area contributed by atoms with Gasteiger partial charge in [0, 0.05) is 28.7 Å². The molecule has 3 N–H and O–H groups in total. The number of nitrogen functional groups attached to an aromatic ring is 1.